The van der Waals surface area contributed by atoms with Crippen molar-refractivity contribution in [2.45, 2.75) is 19.9 Å². The van der Waals surface area contributed by atoms with Gasteiger partial charge in [0, 0.05) is 13.0 Å². The number of carbonyl (C=O) groups excluding carboxylic acids is 1. The van der Waals surface area contributed by atoms with E-state index < -0.39 is 5.82 Å². The summed E-state index contributed by atoms with van der Waals surface area (Å²) in [6.45, 7) is 2.54. The molecule has 0 aliphatic heterocycles. The Kier molecular flexibility index (Phi) is 5.83. The minimum atomic E-state index is -0.409. The van der Waals surface area contributed by atoms with E-state index in [1.165, 1.54) is 6.07 Å². The minimum absolute atomic E-state index is 0.0886. The molecular weight excluding hydrogens is 241 g/mol. The van der Waals surface area contributed by atoms with E-state index in [4.69, 9.17) is 4.74 Å². The number of carbonyl (C=O) groups is 1. The largest absolute Gasteiger partial charge is 0.491 e. The fourth-order valence-corrected chi connectivity index (χ4v) is 1.52. The molecule has 1 aromatic carbocycles. The Morgan fingerprint density at radius 3 is 2.88 bits per heavy atom. The third-order valence-corrected chi connectivity index (χ3v) is 2.35. The number of ether oxygens (including phenoxy) is 1. The van der Waals surface area contributed by atoms with Gasteiger partial charge in [-0.1, -0.05) is 6.07 Å². The van der Waals surface area contributed by atoms with Gasteiger partial charge in [0.25, 0.3) is 0 Å². The lowest BCUT2D eigenvalue weighted by molar-refractivity contribution is -0.120. The Balaban J connectivity index is 2.55. The molecule has 17 heavy (non-hydrogen) atoms. The fraction of sp³-hybridized carbons (Fsp3) is 0.417. The lowest BCUT2D eigenvalue weighted by Crippen LogP contribution is -2.22. The molecule has 0 aromatic heterocycles. The van der Waals surface area contributed by atoms with Crippen LogP contribution in [-0.2, 0) is 11.3 Å². The maximum atomic E-state index is 13.5. The van der Waals surface area contributed by atoms with Crippen molar-refractivity contribution in [1.29, 1.82) is 0 Å². The lowest BCUT2D eigenvalue weighted by Gasteiger charge is -2.07. The molecule has 0 unspecified atom stereocenters. The fourth-order valence-electron chi connectivity index (χ4n) is 1.32. The van der Waals surface area contributed by atoms with Crippen LogP contribution < -0.4 is 10.1 Å². The monoisotopic (exact) mass is 257 g/mol. The van der Waals surface area contributed by atoms with Gasteiger partial charge >= 0.3 is 0 Å². The number of hydrogen-bond donors (Lipinski definition) is 2. The number of halogens is 1. The normalized spacial score (nSPS) is 10.1. The van der Waals surface area contributed by atoms with Gasteiger partial charge in [-0.05, 0) is 30.4 Å². The average molecular weight is 257 g/mol. The van der Waals surface area contributed by atoms with Crippen LogP contribution in [-0.4, -0.2) is 18.3 Å². The molecule has 0 spiro atoms. The van der Waals surface area contributed by atoms with Gasteiger partial charge < -0.3 is 10.1 Å². The van der Waals surface area contributed by atoms with Gasteiger partial charge in [-0.25, -0.2) is 4.39 Å². The van der Waals surface area contributed by atoms with E-state index in [9.17, 15) is 9.18 Å². The van der Waals surface area contributed by atoms with Crippen molar-refractivity contribution < 1.29 is 13.9 Å². The van der Waals surface area contributed by atoms with Crippen LogP contribution in [0.1, 0.15) is 18.9 Å². The number of amides is 1. The van der Waals surface area contributed by atoms with E-state index in [1.54, 1.807) is 19.1 Å². The van der Waals surface area contributed by atoms with Crippen LogP contribution in [0.4, 0.5) is 4.39 Å². The summed E-state index contributed by atoms with van der Waals surface area (Å²) in [6.07, 6.45) is 0.364. The molecule has 1 amide bonds. The van der Waals surface area contributed by atoms with E-state index in [1.807, 2.05) is 0 Å². The van der Waals surface area contributed by atoms with Gasteiger partial charge in [-0.3, -0.25) is 4.79 Å². The van der Waals surface area contributed by atoms with Crippen molar-refractivity contribution in [2.75, 3.05) is 12.4 Å². The topological polar surface area (TPSA) is 38.3 Å². The van der Waals surface area contributed by atoms with E-state index >= 15 is 0 Å². The highest BCUT2D eigenvalue weighted by molar-refractivity contribution is 7.80. The quantitative estimate of drug-likeness (QED) is 0.766. The van der Waals surface area contributed by atoms with Crippen molar-refractivity contribution >= 4 is 18.5 Å². The molecule has 0 fully saturated rings. The third kappa shape index (κ3) is 4.65. The minimum Gasteiger partial charge on any atom is -0.491 e. The molecule has 3 nitrogen and oxygen atoms in total. The molecule has 0 radical (unpaired) electrons. The highest BCUT2D eigenvalue weighted by Crippen LogP contribution is 2.18. The smallest absolute Gasteiger partial charge is 0.221 e. The van der Waals surface area contributed by atoms with Crippen LogP contribution in [0.5, 0.6) is 5.75 Å². The van der Waals surface area contributed by atoms with Gasteiger partial charge in [-0.15, -0.1) is 0 Å². The first-order valence-electron chi connectivity index (χ1n) is 5.46. The van der Waals surface area contributed by atoms with Crippen LogP contribution in [0.2, 0.25) is 0 Å². The van der Waals surface area contributed by atoms with Crippen molar-refractivity contribution in [1.82, 2.24) is 5.32 Å². The molecule has 1 rings (SSSR count). The zero-order valence-electron chi connectivity index (χ0n) is 9.70. The second kappa shape index (κ2) is 7.17. The number of thiol groups is 1. The summed E-state index contributed by atoms with van der Waals surface area (Å²) < 4.78 is 18.5. The molecule has 0 atom stereocenters. The average Bonchev–Trinajstić information content (AvgIpc) is 2.30. The molecule has 0 saturated heterocycles. The summed E-state index contributed by atoms with van der Waals surface area (Å²) in [5, 5.41) is 2.68. The molecule has 0 bridgehead atoms. The molecule has 0 aliphatic carbocycles. The maximum absolute atomic E-state index is 13.5. The van der Waals surface area contributed by atoms with Gasteiger partial charge in [-0.2, -0.15) is 12.6 Å². The molecule has 94 valence electrons. The lowest BCUT2D eigenvalue weighted by atomic mass is 10.2. The summed E-state index contributed by atoms with van der Waals surface area (Å²) in [7, 11) is 0. The van der Waals surface area contributed by atoms with Gasteiger partial charge in [0.2, 0.25) is 5.91 Å². The molecule has 0 heterocycles. The molecule has 0 saturated carbocycles. The Bertz CT molecular complexity index is 385. The summed E-state index contributed by atoms with van der Waals surface area (Å²) in [5.41, 5.74) is 0.707. The number of benzene rings is 1. The number of hydrogen-bond acceptors (Lipinski definition) is 3. The zero-order chi connectivity index (χ0) is 12.7. The molecule has 1 N–H and O–H groups in total. The predicted molar refractivity (Wildman–Crippen MR) is 67.9 cm³/mol. The van der Waals surface area contributed by atoms with Crippen LogP contribution in [0, 0.1) is 5.82 Å². The second-order valence-corrected chi connectivity index (χ2v) is 3.90. The Labute approximate surface area is 106 Å². The van der Waals surface area contributed by atoms with E-state index in [2.05, 4.69) is 17.9 Å². The third-order valence-electron chi connectivity index (χ3n) is 2.12. The van der Waals surface area contributed by atoms with Gasteiger partial charge in [0.1, 0.15) is 0 Å². The zero-order valence-corrected chi connectivity index (χ0v) is 10.6. The first-order valence-corrected chi connectivity index (χ1v) is 6.09. The Morgan fingerprint density at radius 2 is 2.29 bits per heavy atom. The predicted octanol–water partition coefficient (Wildman–Crippen LogP) is 2.16. The van der Waals surface area contributed by atoms with E-state index in [0.29, 0.717) is 30.9 Å². The van der Waals surface area contributed by atoms with Gasteiger partial charge in [0.15, 0.2) is 11.6 Å². The first kappa shape index (κ1) is 13.8. The van der Waals surface area contributed by atoms with Crippen LogP contribution in [0.15, 0.2) is 18.2 Å². The van der Waals surface area contributed by atoms with Crippen molar-refractivity contribution in [3.8, 4) is 5.75 Å². The molecule has 1 aromatic rings. The van der Waals surface area contributed by atoms with Gasteiger partial charge in [0.05, 0.1) is 6.61 Å². The Morgan fingerprint density at radius 1 is 1.53 bits per heavy atom. The van der Waals surface area contributed by atoms with Crippen LogP contribution in [0.3, 0.4) is 0 Å². The summed E-state index contributed by atoms with van der Waals surface area (Å²) in [4.78, 5) is 11.2. The maximum Gasteiger partial charge on any atom is 0.221 e. The standard InChI is InChI=1S/C12H16FNO2S/c1-2-16-11-4-3-9(7-10(11)13)8-14-12(15)5-6-17/h3-4,7,17H,2,5-6,8H2,1H3,(H,14,15). The van der Waals surface area contributed by atoms with Crippen molar-refractivity contribution in [3.63, 3.8) is 0 Å². The molecule has 0 aliphatic rings. The first-order chi connectivity index (χ1) is 8.17. The van der Waals surface area contributed by atoms with Crippen LogP contribution in [0.25, 0.3) is 0 Å². The second-order valence-electron chi connectivity index (χ2n) is 3.45. The van der Waals surface area contributed by atoms with E-state index in [0.717, 1.165) is 0 Å². The summed E-state index contributed by atoms with van der Waals surface area (Å²) >= 11 is 3.96. The highest BCUT2D eigenvalue weighted by atomic mass is 32.1. The van der Waals surface area contributed by atoms with Crippen LogP contribution >= 0.6 is 12.6 Å². The SMILES string of the molecule is CCOc1ccc(CNC(=O)CCS)cc1F. The summed E-state index contributed by atoms with van der Waals surface area (Å²) in [6, 6.07) is 4.67. The highest BCUT2D eigenvalue weighted by Gasteiger charge is 2.05. The van der Waals surface area contributed by atoms with Crippen molar-refractivity contribution in [2.24, 2.45) is 0 Å². The van der Waals surface area contributed by atoms with E-state index in [-0.39, 0.29) is 11.7 Å². The van der Waals surface area contributed by atoms with Crippen molar-refractivity contribution in [3.05, 3.63) is 29.6 Å². The number of rotatable bonds is 6. The Hall–Kier alpha value is -1.23. The number of nitrogens with one attached hydrogen (secondary N) is 1. The summed E-state index contributed by atoms with van der Waals surface area (Å²) in [5.74, 6) is 0.240. The molecule has 5 heteroatoms. The molecular formula is C12H16FNO2S.